The average Bonchev–Trinajstić information content (AvgIpc) is 2.04. The quantitative estimate of drug-likeness (QED) is 0.811. The molecule has 0 bridgehead atoms. The summed E-state index contributed by atoms with van der Waals surface area (Å²) in [6.07, 6.45) is 0.993. The number of aliphatic hydroxyl groups excluding tert-OH is 1. The predicted molar refractivity (Wildman–Crippen MR) is 54.5 cm³/mol. The molecule has 2 heteroatoms. The molecule has 1 N–H and O–H groups in total. The number of rotatable bonds is 2. The fourth-order valence-electron chi connectivity index (χ4n) is 1.09. The summed E-state index contributed by atoms with van der Waals surface area (Å²) in [4.78, 5) is 0. The number of hydrogen-bond acceptors (Lipinski definition) is 1. The summed E-state index contributed by atoms with van der Waals surface area (Å²) in [5.41, 5.74) is 2.30. The van der Waals surface area contributed by atoms with Crippen LogP contribution in [0, 0.1) is 3.57 Å². The molecule has 0 amide bonds. The molecule has 0 unspecified atom stereocenters. The van der Waals surface area contributed by atoms with Crippen molar-refractivity contribution >= 4 is 22.6 Å². The smallest absolute Gasteiger partial charge is 0.0684 e. The van der Waals surface area contributed by atoms with Crippen LogP contribution in [0.4, 0.5) is 0 Å². The molecule has 1 aromatic rings. The molecule has 0 spiro atoms. The van der Waals surface area contributed by atoms with Crippen molar-refractivity contribution in [2.45, 2.75) is 20.0 Å². The Morgan fingerprint density at radius 3 is 2.64 bits per heavy atom. The lowest BCUT2D eigenvalue weighted by Crippen LogP contribution is -1.92. The second kappa shape index (κ2) is 4.07. The van der Waals surface area contributed by atoms with Gasteiger partial charge in [0, 0.05) is 3.57 Å². The molecule has 0 radical (unpaired) electrons. The molecular formula is C9H11IO. The lowest BCUT2D eigenvalue weighted by atomic mass is 10.1. The van der Waals surface area contributed by atoms with Gasteiger partial charge in [-0.25, -0.2) is 0 Å². The van der Waals surface area contributed by atoms with Crippen LogP contribution in [0.2, 0.25) is 0 Å². The van der Waals surface area contributed by atoms with Crippen molar-refractivity contribution in [1.29, 1.82) is 0 Å². The van der Waals surface area contributed by atoms with E-state index in [1.54, 1.807) is 0 Å². The third kappa shape index (κ3) is 2.17. The minimum Gasteiger partial charge on any atom is -0.392 e. The van der Waals surface area contributed by atoms with Crippen LogP contribution >= 0.6 is 22.6 Å². The topological polar surface area (TPSA) is 20.2 Å². The molecule has 0 aliphatic carbocycles. The van der Waals surface area contributed by atoms with Gasteiger partial charge in [-0.15, -0.1) is 0 Å². The van der Waals surface area contributed by atoms with Crippen molar-refractivity contribution in [3.05, 3.63) is 32.9 Å². The highest BCUT2D eigenvalue weighted by atomic mass is 127. The van der Waals surface area contributed by atoms with Gasteiger partial charge in [0.2, 0.25) is 0 Å². The highest BCUT2D eigenvalue weighted by Gasteiger charge is 1.98. The van der Waals surface area contributed by atoms with Gasteiger partial charge in [0.1, 0.15) is 0 Å². The SMILES string of the molecule is CCc1ccc(I)cc1CO. The first kappa shape index (κ1) is 9.00. The molecule has 11 heavy (non-hydrogen) atoms. The normalized spacial score (nSPS) is 10.1. The van der Waals surface area contributed by atoms with Crippen LogP contribution in [-0.4, -0.2) is 5.11 Å². The Labute approximate surface area is 80.6 Å². The highest BCUT2D eigenvalue weighted by molar-refractivity contribution is 14.1. The van der Waals surface area contributed by atoms with Crippen molar-refractivity contribution in [2.24, 2.45) is 0 Å². The lowest BCUT2D eigenvalue weighted by Gasteiger charge is -2.04. The van der Waals surface area contributed by atoms with E-state index >= 15 is 0 Å². The zero-order valence-electron chi connectivity index (χ0n) is 6.47. The van der Waals surface area contributed by atoms with E-state index in [1.807, 2.05) is 6.07 Å². The molecule has 1 nitrogen and oxygen atoms in total. The van der Waals surface area contributed by atoms with Gasteiger partial charge in [-0.2, -0.15) is 0 Å². The summed E-state index contributed by atoms with van der Waals surface area (Å²) in [5, 5.41) is 8.97. The standard InChI is InChI=1S/C9H11IO/c1-2-7-3-4-9(10)5-8(7)6-11/h3-5,11H,2,6H2,1H3. The Kier molecular flexibility index (Phi) is 3.33. The Morgan fingerprint density at radius 1 is 1.36 bits per heavy atom. The average molecular weight is 262 g/mol. The number of aliphatic hydroxyl groups is 1. The maximum absolute atomic E-state index is 8.97. The molecule has 1 rings (SSSR count). The molecule has 0 atom stereocenters. The molecular weight excluding hydrogens is 251 g/mol. The number of hydrogen-bond donors (Lipinski definition) is 1. The van der Waals surface area contributed by atoms with Crippen molar-refractivity contribution in [2.75, 3.05) is 0 Å². The first-order valence-electron chi connectivity index (χ1n) is 3.66. The van der Waals surface area contributed by atoms with Crippen LogP contribution in [0.5, 0.6) is 0 Å². The molecule has 0 saturated heterocycles. The summed E-state index contributed by atoms with van der Waals surface area (Å²) >= 11 is 2.25. The summed E-state index contributed by atoms with van der Waals surface area (Å²) in [6.45, 7) is 2.25. The second-order valence-electron chi connectivity index (χ2n) is 2.42. The first-order valence-corrected chi connectivity index (χ1v) is 4.74. The predicted octanol–water partition coefficient (Wildman–Crippen LogP) is 2.35. The summed E-state index contributed by atoms with van der Waals surface area (Å²) in [6, 6.07) is 6.17. The minimum atomic E-state index is 0.153. The van der Waals surface area contributed by atoms with E-state index in [1.165, 1.54) is 9.13 Å². The Morgan fingerprint density at radius 2 is 2.09 bits per heavy atom. The van der Waals surface area contributed by atoms with Gasteiger partial charge < -0.3 is 5.11 Å². The molecule has 0 heterocycles. The molecule has 0 saturated carbocycles. The largest absolute Gasteiger partial charge is 0.392 e. The van der Waals surface area contributed by atoms with Gasteiger partial charge >= 0.3 is 0 Å². The van der Waals surface area contributed by atoms with Gasteiger partial charge in [-0.3, -0.25) is 0 Å². The van der Waals surface area contributed by atoms with Gasteiger partial charge in [0.05, 0.1) is 6.61 Å². The van der Waals surface area contributed by atoms with Crippen LogP contribution in [0.3, 0.4) is 0 Å². The van der Waals surface area contributed by atoms with E-state index in [2.05, 4.69) is 41.6 Å². The fraction of sp³-hybridized carbons (Fsp3) is 0.333. The van der Waals surface area contributed by atoms with Gasteiger partial charge in [-0.05, 0) is 52.3 Å². The summed E-state index contributed by atoms with van der Waals surface area (Å²) in [7, 11) is 0. The molecule has 60 valence electrons. The number of aryl methyl sites for hydroxylation is 1. The number of halogens is 1. The lowest BCUT2D eigenvalue weighted by molar-refractivity contribution is 0.280. The minimum absolute atomic E-state index is 0.153. The van der Waals surface area contributed by atoms with Crippen molar-refractivity contribution in [1.82, 2.24) is 0 Å². The molecule has 0 aliphatic heterocycles. The second-order valence-corrected chi connectivity index (χ2v) is 3.67. The maximum atomic E-state index is 8.97. The summed E-state index contributed by atoms with van der Waals surface area (Å²) < 4.78 is 1.18. The highest BCUT2D eigenvalue weighted by Crippen LogP contribution is 2.14. The molecule has 0 aromatic heterocycles. The molecule has 0 fully saturated rings. The number of benzene rings is 1. The van der Waals surface area contributed by atoms with Crippen molar-refractivity contribution in [3.63, 3.8) is 0 Å². The Hall–Kier alpha value is -0.0900. The van der Waals surface area contributed by atoms with E-state index in [9.17, 15) is 0 Å². The first-order chi connectivity index (χ1) is 5.27. The van der Waals surface area contributed by atoms with E-state index in [4.69, 9.17) is 5.11 Å². The third-order valence-corrected chi connectivity index (χ3v) is 2.39. The van der Waals surface area contributed by atoms with Crippen LogP contribution in [0.15, 0.2) is 18.2 Å². The fourth-order valence-corrected chi connectivity index (χ4v) is 1.64. The Balaban J connectivity index is 3.06. The van der Waals surface area contributed by atoms with E-state index in [0.29, 0.717) is 0 Å². The van der Waals surface area contributed by atoms with Crippen LogP contribution in [0.25, 0.3) is 0 Å². The molecule has 0 aliphatic rings. The van der Waals surface area contributed by atoms with E-state index < -0.39 is 0 Å². The van der Waals surface area contributed by atoms with E-state index in [-0.39, 0.29) is 6.61 Å². The maximum Gasteiger partial charge on any atom is 0.0684 e. The summed E-state index contributed by atoms with van der Waals surface area (Å²) in [5.74, 6) is 0. The van der Waals surface area contributed by atoms with Crippen LogP contribution < -0.4 is 0 Å². The van der Waals surface area contributed by atoms with Crippen molar-refractivity contribution in [3.8, 4) is 0 Å². The third-order valence-electron chi connectivity index (χ3n) is 1.72. The Bertz CT molecular complexity index is 245. The van der Waals surface area contributed by atoms with E-state index in [0.717, 1.165) is 12.0 Å². The van der Waals surface area contributed by atoms with Crippen LogP contribution in [-0.2, 0) is 13.0 Å². The van der Waals surface area contributed by atoms with Crippen LogP contribution in [0.1, 0.15) is 18.1 Å². The zero-order chi connectivity index (χ0) is 8.27. The van der Waals surface area contributed by atoms with Gasteiger partial charge in [-0.1, -0.05) is 13.0 Å². The zero-order valence-corrected chi connectivity index (χ0v) is 8.63. The molecule has 1 aromatic carbocycles. The monoisotopic (exact) mass is 262 g/mol. The van der Waals surface area contributed by atoms with Gasteiger partial charge in [0.25, 0.3) is 0 Å². The van der Waals surface area contributed by atoms with Crippen molar-refractivity contribution < 1.29 is 5.11 Å². The van der Waals surface area contributed by atoms with Gasteiger partial charge in [0.15, 0.2) is 0 Å².